The monoisotopic (exact) mass is 241 g/mol. The Morgan fingerprint density at radius 3 is 2.50 bits per heavy atom. The zero-order chi connectivity index (χ0) is 13.0. The molecule has 2 aromatic rings. The summed E-state index contributed by atoms with van der Waals surface area (Å²) in [5, 5.41) is 2.59. The molecule has 0 saturated heterocycles. The molecule has 0 aliphatic carbocycles. The Morgan fingerprint density at radius 2 is 1.83 bits per heavy atom. The van der Waals surface area contributed by atoms with E-state index in [4.69, 9.17) is 11.5 Å². The van der Waals surface area contributed by atoms with Crippen LogP contribution in [0.2, 0.25) is 0 Å². The highest BCUT2D eigenvalue weighted by Crippen LogP contribution is 2.22. The number of nitrogens with two attached hydrogens (primary N) is 2. The van der Waals surface area contributed by atoms with Crippen LogP contribution in [0.1, 0.15) is 11.1 Å². The first-order valence-corrected chi connectivity index (χ1v) is 5.64. The number of urea groups is 1. The molecular weight excluding hydrogens is 226 g/mol. The second-order valence-corrected chi connectivity index (χ2v) is 4.07. The van der Waals surface area contributed by atoms with Crippen molar-refractivity contribution in [1.29, 1.82) is 0 Å². The van der Waals surface area contributed by atoms with E-state index >= 15 is 0 Å². The van der Waals surface area contributed by atoms with Crippen LogP contribution in [0.3, 0.4) is 0 Å². The molecule has 2 amide bonds. The number of carbonyl (C=O) groups excluding carboxylic acids is 1. The van der Waals surface area contributed by atoms with Crippen molar-refractivity contribution in [3.63, 3.8) is 0 Å². The molecule has 4 heteroatoms. The van der Waals surface area contributed by atoms with Gasteiger partial charge in [-0.2, -0.15) is 0 Å². The van der Waals surface area contributed by atoms with E-state index in [1.54, 1.807) is 6.07 Å². The van der Waals surface area contributed by atoms with Gasteiger partial charge in [0.25, 0.3) is 0 Å². The highest BCUT2D eigenvalue weighted by molar-refractivity contribution is 5.89. The summed E-state index contributed by atoms with van der Waals surface area (Å²) in [5.41, 5.74) is 14.2. The van der Waals surface area contributed by atoms with Gasteiger partial charge in [-0.1, -0.05) is 36.4 Å². The molecule has 0 atom stereocenters. The number of primary amides is 1. The molecule has 0 radical (unpaired) electrons. The fourth-order valence-corrected chi connectivity index (χ4v) is 1.81. The van der Waals surface area contributed by atoms with Gasteiger partial charge in [0, 0.05) is 11.4 Å². The molecule has 18 heavy (non-hydrogen) atoms. The van der Waals surface area contributed by atoms with Crippen LogP contribution in [0.4, 0.5) is 16.2 Å². The van der Waals surface area contributed by atoms with Crippen molar-refractivity contribution < 1.29 is 4.79 Å². The fourth-order valence-electron chi connectivity index (χ4n) is 1.81. The maximum atomic E-state index is 11.0. The lowest BCUT2D eigenvalue weighted by atomic mass is 10.0. The Balaban J connectivity index is 2.29. The average molecular weight is 241 g/mol. The highest BCUT2D eigenvalue weighted by Gasteiger charge is 2.06. The van der Waals surface area contributed by atoms with E-state index in [1.807, 2.05) is 42.5 Å². The SMILES string of the molecule is NC(=O)Nc1cc(N)ccc1Cc1ccccc1. The first kappa shape index (κ1) is 12.0. The van der Waals surface area contributed by atoms with Gasteiger partial charge in [-0.3, -0.25) is 0 Å². The predicted molar refractivity (Wildman–Crippen MR) is 73.3 cm³/mol. The summed E-state index contributed by atoms with van der Waals surface area (Å²) in [6.07, 6.45) is 0.719. The van der Waals surface area contributed by atoms with Crippen LogP contribution in [0.5, 0.6) is 0 Å². The van der Waals surface area contributed by atoms with Crippen molar-refractivity contribution >= 4 is 17.4 Å². The normalized spacial score (nSPS) is 10.0. The van der Waals surface area contributed by atoms with Gasteiger partial charge in [-0.25, -0.2) is 4.79 Å². The average Bonchev–Trinajstić information content (AvgIpc) is 2.33. The minimum atomic E-state index is -0.588. The molecule has 0 bridgehead atoms. The van der Waals surface area contributed by atoms with E-state index in [-0.39, 0.29) is 0 Å². The zero-order valence-electron chi connectivity index (χ0n) is 9.89. The molecule has 0 aliphatic heterocycles. The van der Waals surface area contributed by atoms with Crippen molar-refractivity contribution in [2.24, 2.45) is 5.73 Å². The molecule has 2 aromatic carbocycles. The molecule has 5 N–H and O–H groups in total. The van der Waals surface area contributed by atoms with Crippen LogP contribution < -0.4 is 16.8 Å². The van der Waals surface area contributed by atoms with Gasteiger partial charge in [0.05, 0.1) is 0 Å². The van der Waals surface area contributed by atoms with Crippen LogP contribution in [0, 0.1) is 0 Å². The second kappa shape index (κ2) is 5.23. The van der Waals surface area contributed by atoms with Crippen molar-refractivity contribution in [2.75, 3.05) is 11.1 Å². The van der Waals surface area contributed by atoms with E-state index in [0.29, 0.717) is 11.4 Å². The van der Waals surface area contributed by atoms with Crippen molar-refractivity contribution in [2.45, 2.75) is 6.42 Å². The van der Waals surface area contributed by atoms with Crippen LogP contribution in [0.25, 0.3) is 0 Å². The van der Waals surface area contributed by atoms with Gasteiger partial charge in [-0.15, -0.1) is 0 Å². The van der Waals surface area contributed by atoms with Crippen LogP contribution in [-0.4, -0.2) is 6.03 Å². The second-order valence-electron chi connectivity index (χ2n) is 4.07. The molecule has 0 spiro atoms. The Morgan fingerprint density at radius 1 is 1.11 bits per heavy atom. The lowest BCUT2D eigenvalue weighted by molar-refractivity contribution is 0.259. The molecule has 0 fully saturated rings. The number of rotatable bonds is 3. The lowest BCUT2D eigenvalue weighted by Crippen LogP contribution is -2.20. The molecule has 4 nitrogen and oxygen atoms in total. The third-order valence-corrected chi connectivity index (χ3v) is 2.63. The van der Waals surface area contributed by atoms with Gasteiger partial charge in [-0.05, 0) is 29.7 Å². The number of benzene rings is 2. The molecule has 0 unspecified atom stereocenters. The number of amides is 2. The summed E-state index contributed by atoms with van der Waals surface area (Å²) in [4.78, 5) is 11.0. The Bertz CT molecular complexity index is 552. The zero-order valence-corrected chi connectivity index (χ0v) is 9.89. The van der Waals surface area contributed by atoms with E-state index in [1.165, 1.54) is 0 Å². The van der Waals surface area contributed by atoms with E-state index in [9.17, 15) is 4.79 Å². The number of nitrogen functional groups attached to an aromatic ring is 1. The third kappa shape index (κ3) is 3.01. The Hall–Kier alpha value is -2.49. The molecule has 92 valence electrons. The number of nitrogens with one attached hydrogen (secondary N) is 1. The number of anilines is 2. The molecule has 2 rings (SSSR count). The summed E-state index contributed by atoms with van der Waals surface area (Å²) in [7, 11) is 0. The predicted octanol–water partition coefficient (Wildman–Crippen LogP) is 2.35. The van der Waals surface area contributed by atoms with Gasteiger partial charge in [0.15, 0.2) is 0 Å². The number of hydrogen-bond acceptors (Lipinski definition) is 2. The first-order valence-electron chi connectivity index (χ1n) is 5.64. The summed E-state index contributed by atoms with van der Waals surface area (Å²) >= 11 is 0. The van der Waals surface area contributed by atoms with Gasteiger partial charge in [0.2, 0.25) is 0 Å². The van der Waals surface area contributed by atoms with Crippen LogP contribution in [0.15, 0.2) is 48.5 Å². The summed E-state index contributed by atoms with van der Waals surface area (Å²) in [6.45, 7) is 0. The minimum Gasteiger partial charge on any atom is -0.399 e. The van der Waals surface area contributed by atoms with Crippen LogP contribution >= 0.6 is 0 Å². The first-order chi connectivity index (χ1) is 8.65. The quantitative estimate of drug-likeness (QED) is 0.721. The molecule has 0 aliphatic rings. The Kier molecular flexibility index (Phi) is 3.48. The smallest absolute Gasteiger partial charge is 0.316 e. The fraction of sp³-hybridized carbons (Fsp3) is 0.0714. The van der Waals surface area contributed by atoms with Gasteiger partial charge >= 0.3 is 6.03 Å². The standard InChI is InChI=1S/C14H15N3O/c15-12-7-6-11(13(9-12)17-14(16)18)8-10-4-2-1-3-5-10/h1-7,9H,8,15H2,(H3,16,17,18). The largest absolute Gasteiger partial charge is 0.399 e. The highest BCUT2D eigenvalue weighted by atomic mass is 16.2. The van der Waals surface area contributed by atoms with E-state index in [0.717, 1.165) is 17.5 Å². The maximum Gasteiger partial charge on any atom is 0.316 e. The number of carbonyl (C=O) groups is 1. The molecular formula is C14H15N3O. The Labute approximate surface area is 106 Å². The molecule has 0 saturated carbocycles. The van der Waals surface area contributed by atoms with Gasteiger partial charge < -0.3 is 16.8 Å². The summed E-state index contributed by atoms with van der Waals surface area (Å²) in [6, 6.07) is 14.8. The van der Waals surface area contributed by atoms with Crippen molar-refractivity contribution in [1.82, 2.24) is 0 Å². The topological polar surface area (TPSA) is 81.1 Å². The van der Waals surface area contributed by atoms with Crippen LogP contribution in [-0.2, 0) is 6.42 Å². The van der Waals surface area contributed by atoms with E-state index in [2.05, 4.69) is 5.32 Å². The summed E-state index contributed by atoms with van der Waals surface area (Å²) in [5.74, 6) is 0. The minimum absolute atomic E-state index is 0.588. The summed E-state index contributed by atoms with van der Waals surface area (Å²) < 4.78 is 0. The van der Waals surface area contributed by atoms with Crippen molar-refractivity contribution in [3.05, 3.63) is 59.7 Å². The lowest BCUT2D eigenvalue weighted by Gasteiger charge is -2.10. The molecule has 0 heterocycles. The third-order valence-electron chi connectivity index (χ3n) is 2.63. The molecule has 0 aromatic heterocycles. The number of hydrogen-bond donors (Lipinski definition) is 3. The van der Waals surface area contributed by atoms with E-state index < -0.39 is 6.03 Å². The maximum absolute atomic E-state index is 11.0. The van der Waals surface area contributed by atoms with Crippen molar-refractivity contribution in [3.8, 4) is 0 Å². The van der Waals surface area contributed by atoms with Gasteiger partial charge in [0.1, 0.15) is 0 Å².